The van der Waals surface area contributed by atoms with Crippen molar-refractivity contribution >= 4 is 29.9 Å². The van der Waals surface area contributed by atoms with Crippen LogP contribution in [0.5, 0.6) is 5.75 Å². The number of nitrogens with one attached hydrogen (secondary N) is 1. The van der Waals surface area contributed by atoms with Gasteiger partial charge in [0.1, 0.15) is 5.75 Å². The number of hydrogen-bond acceptors (Lipinski definition) is 2. The Kier molecular flexibility index (Phi) is 8.49. The largest absolute Gasteiger partial charge is 0.497 e. The van der Waals surface area contributed by atoms with Crippen LogP contribution in [-0.2, 0) is 6.42 Å². The molecule has 1 fully saturated rings. The van der Waals surface area contributed by atoms with Crippen LogP contribution < -0.4 is 10.1 Å². The molecule has 0 saturated carbocycles. The highest BCUT2D eigenvalue weighted by atomic mass is 127. The first-order valence-corrected chi connectivity index (χ1v) is 7.49. The third kappa shape index (κ3) is 5.73. The molecule has 0 aliphatic carbocycles. The fourth-order valence-corrected chi connectivity index (χ4v) is 2.44. The van der Waals surface area contributed by atoms with Gasteiger partial charge in [0.15, 0.2) is 5.96 Å². The van der Waals surface area contributed by atoms with Crippen molar-refractivity contribution < 1.29 is 4.74 Å². The number of hydrogen-bond donors (Lipinski definition) is 1. The lowest BCUT2D eigenvalue weighted by atomic mass is 10.1. The Hall–Kier alpha value is -0.980. The zero-order valence-corrected chi connectivity index (χ0v) is 15.3. The lowest BCUT2D eigenvalue weighted by molar-refractivity contribution is 0.414. The third-order valence-corrected chi connectivity index (χ3v) is 3.56. The Morgan fingerprint density at radius 1 is 1.24 bits per heavy atom. The van der Waals surface area contributed by atoms with Crippen molar-refractivity contribution in [3.63, 3.8) is 0 Å². The summed E-state index contributed by atoms with van der Waals surface area (Å²) in [5, 5.41) is 3.38. The predicted octanol–water partition coefficient (Wildman–Crippen LogP) is 2.92. The van der Waals surface area contributed by atoms with Crippen LogP contribution in [0.25, 0.3) is 0 Å². The Balaban J connectivity index is 0.00000220. The van der Waals surface area contributed by atoms with Gasteiger partial charge in [-0.05, 0) is 43.9 Å². The second-order valence-electron chi connectivity index (χ2n) is 5.03. The van der Waals surface area contributed by atoms with Gasteiger partial charge in [0.2, 0.25) is 0 Å². The van der Waals surface area contributed by atoms with Gasteiger partial charge < -0.3 is 15.0 Å². The number of ether oxygens (including phenoxy) is 1. The minimum atomic E-state index is 0. The summed E-state index contributed by atoms with van der Waals surface area (Å²) < 4.78 is 5.17. The highest BCUT2D eigenvalue weighted by Crippen LogP contribution is 2.12. The van der Waals surface area contributed by atoms with Crippen molar-refractivity contribution in [3.8, 4) is 5.75 Å². The molecular formula is C16H26IN3O. The molecule has 0 unspecified atom stereocenters. The number of halogens is 1. The fourth-order valence-electron chi connectivity index (χ4n) is 2.44. The number of benzene rings is 1. The van der Waals surface area contributed by atoms with Gasteiger partial charge in [-0.2, -0.15) is 0 Å². The third-order valence-electron chi connectivity index (χ3n) is 3.56. The smallest absolute Gasteiger partial charge is 0.193 e. The molecule has 0 bridgehead atoms. The summed E-state index contributed by atoms with van der Waals surface area (Å²) in [5.41, 5.74) is 1.30. The van der Waals surface area contributed by atoms with Gasteiger partial charge in [0.25, 0.3) is 0 Å². The normalized spacial score (nSPS) is 14.8. The van der Waals surface area contributed by atoms with Crippen LogP contribution in [0, 0.1) is 0 Å². The van der Waals surface area contributed by atoms with Crippen LogP contribution in [0.2, 0.25) is 0 Å². The molecule has 4 nitrogen and oxygen atoms in total. The molecule has 1 heterocycles. The number of rotatable bonds is 5. The molecule has 2 rings (SSSR count). The van der Waals surface area contributed by atoms with E-state index in [2.05, 4.69) is 29.3 Å². The van der Waals surface area contributed by atoms with E-state index in [9.17, 15) is 0 Å². The number of likely N-dealkylation sites (tertiary alicyclic amines) is 1. The maximum absolute atomic E-state index is 5.17. The number of nitrogens with zero attached hydrogens (tertiary/aromatic N) is 2. The van der Waals surface area contributed by atoms with Gasteiger partial charge in [0.05, 0.1) is 7.11 Å². The van der Waals surface area contributed by atoms with Crippen molar-refractivity contribution in [1.29, 1.82) is 0 Å². The highest BCUT2D eigenvalue weighted by molar-refractivity contribution is 14.0. The molecule has 0 aromatic heterocycles. The van der Waals surface area contributed by atoms with E-state index < -0.39 is 0 Å². The number of aliphatic imine (C=N–C) groups is 1. The molecule has 0 atom stereocenters. The van der Waals surface area contributed by atoms with Gasteiger partial charge in [-0.1, -0.05) is 12.1 Å². The Morgan fingerprint density at radius 3 is 2.48 bits per heavy atom. The van der Waals surface area contributed by atoms with Crippen molar-refractivity contribution in [2.45, 2.75) is 26.2 Å². The van der Waals surface area contributed by atoms with Crippen LogP contribution >= 0.6 is 24.0 Å². The van der Waals surface area contributed by atoms with E-state index in [-0.39, 0.29) is 24.0 Å². The molecule has 118 valence electrons. The Labute approximate surface area is 145 Å². The molecule has 0 amide bonds. The Morgan fingerprint density at radius 2 is 1.90 bits per heavy atom. The first kappa shape index (κ1) is 18.1. The summed E-state index contributed by atoms with van der Waals surface area (Å²) in [6, 6.07) is 8.23. The summed E-state index contributed by atoms with van der Waals surface area (Å²) in [6.07, 6.45) is 3.53. The second kappa shape index (κ2) is 9.87. The van der Waals surface area contributed by atoms with Crippen LogP contribution in [-0.4, -0.2) is 44.1 Å². The molecule has 1 aromatic rings. The van der Waals surface area contributed by atoms with E-state index in [0.717, 1.165) is 44.3 Å². The number of methoxy groups -OCH3 is 1. The average molecular weight is 403 g/mol. The molecule has 5 heteroatoms. The first-order valence-electron chi connectivity index (χ1n) is 7.49. The summed E-state index contributed by atoms with van der Waals surface area (Å²) in [7, 11) is 1.69. The molecule has 1 aromatic carbocycles. The lowest BCUT2D eigenvalue weighted by Gasteiger charge is -2.20. The molecule has 0 spiro atoms. The summed E-state index contributed by atoms with van der Waals surface area (Å²) in [5.74, 6) is 1.97. The summed E-state index contributed by atoms with van der Waals surface area (Å²) >= 11 is 0. The molecule has 0 radical (unpaired) electrons. The topological polar surface area (TPSA) is 36.9 Å². The van der Waals surface area contributed by atoms with Crippen LogP contribution in [0.1, 0.15) is 25.3 Å². The zero-order chi connectivity index (χ0) is 14.2. The minimum absolute atomic E-state index is 0. The molecule has 1 aliphatic heterocycles. The average Bonchev–Trinajstić information content (AvgIpc) is 3.01. The predicted molar refractivity (Wildman–Crippen MR) is 98.9 cm³/mol. The van der Waals surface area contributed by atoms with Crippen LogP contribution in [0.15, 0.2) is 29.3 Å². The highest BCUT2D eigenvalue weighted by Gasteiger charge is 2.14. The summed E-state index contributed by atoms with van der Waals surface area (Å²) in [4.78, 5) is 7.09. The van der Waals surface area contributed by atoms with Gasteiger partial charge in [0, 0.05) is 26.2 Å². The monoisotopic (exact) mass is 403 g/mol. The molecule has 21 heavy (non-hydrogen) atoms. The number of guanidine groups is 1. The van der Waals surface area contributed by atoms with Gasteiger partial charge >= 0.3 is 0 Å². The van der Waals surface area contributed by atoms with E-state index in [0.29, 0.717) is 0 Å². The summed E-state index contributed by atoms with van der Waals surface area (Å²) in [6.45, 7) is 6.14. The van der Waals surface area contributed by atoms with E-state index in [4.69, 9.17) is 9.73 Å². The van der Waals surface area contributed by atoms with Crippen LogP contribution in [0.4, 0.5) is 0 Å². The maximum Gasteiger partial charge on any atom is 0.193 e. The van der Waals surface area contributed by atoms with Crippen molar-refractivity contribution in [2.24, 2.45) is 4.99 Å². The van der Waals surface area contributed by atoms with E-state index in [1.54, 1.807) is 7.11 Å². The first-order chi connectivity index (χ1) is 9.83. The van der Waals surface area contributed by atoms with E-state index in [1.165, 1.54) is 18.4 Å². The standard InChI is InChI=1S/C16H25N3O.HI/c1-3-17-16(19-12-4-5-13-19)18-11-10-14-6-8-15(20-2)9-7-14;/h6-9H,3-5,10-13H2,1-2H3,(H,17,18);1H. The maximum atomic E-state index is 5.17. The molecular weight excluding hydrogens is 377 g/mol. The van der Waals surface area contributed by atoms with Crippen molar-refractivity contribution in [3.05, 3.63) is 29.8 Å². The lowest BCUT2D eigenvalue weighted by Crippen LogP contribution is -2.39. The van der Waals surface area contributed by atoms with Crippen LogP contribution in [0.3, 0.4) is 0 Å². The molecule has 1 saturated heterocycles. The second-order valence-corrected chi connectivity index (χ2v) is 5.03. The zero-order valence-electron chi connectivity index (χ0n) is 13.0. The minimum Gasteiger partial charge on any atom is -0.497 e. The van der Waals surface area contributed by atoms with Gasteiger partial charge in [-0.25, -0.2) is 0 Å². The van der Waals surface area contributed by atoms with E-state index in [1.807, 2.05) is 12.1 Å². The quantitative estimate of drug-likeness (QED) is 0.467. The van der Waals surface area contributed by atoms with Gasteiger partial charge in [-0.3, -0.25) is 4.99 Å². The Bertz CT molecular complexity index is 428. The van der Waals surface area contributed by atoms with E-state index >= 15 is 0 Å². The fraction of sp³-hybridized carbons (Fsp3) is 0.562. The molecule has 1 aliphatic rings. The van der Waals surface area contributed by atoms with Gasteiger partial charge in [-0.15, -0.1) is 24.0 Å². The molecule has 1 N–H and O–H groups in total. The van der Waals surface area contributed by atoms with Crippen molar-refractivity contribution in [2.75, 3.05) is 33.3 Å². The van der Waals surface area contributed by atoms with Crippen molar-refractivity contribution in [1.82, 2.24) is 10.2 Å². The SMILES string of the molecule is CCNC(=NCCc1ccc(OC)cc1)N1CCCC1.I.